The third kappa shape index (κ3) is 5.53. The van der Waals surface area contributed by atoms with Crippen molar-refractivity contribution in [3.05, 3.63) is 82.2 Å². The van der Waals surface area contributed by atoms with E-state index in [1.165, 1.54) is 42.5 Å². The lowest BCUT2D eigenvalue weighted by Gasteiger charge is -2.13. The lowest BCUT2D eigenvalue weighted by atomic mass is 10.1. The molecular weight excluding hydrogens is 435 g/mol. The second-order valence-electron chi connectivity index (χ2n) is 6.42. The van der Waals surface area contributed by atoms with Crippen molar-refractivity contribution in [1.29, 1.82) is 0 Å². The van der Waals surface area contributed by atoms with Gasteiger partial charge in [0.05, 0.1) is 11.3 Å². The van der Waals surface area contributed by atoms with Crippen LogP contribution < -0.4 is 10.0 Å². The van der Waals surface area contributed by atoms with E-state index in [1.807, 2.05) is 13.0 Å². The number of anilines is 1. The highest BCUT2D eigenvalue weighted by Gasteiger charge is 2.19. The molecule has 3 rings (SSSR count). The summed E-state index contributed by atoms with van der Waals surface area (Å²) in [6, 6.07) is 13.8. The summed E-state index contributed by atoms with van der Waals surface area (Å²) >= 11 is 11.8. The Labute approximate surface area is 178 Å². The van der Waals surface area contributed by atoms with E-state index in [9.17, 15) is 13.2 Å². The van der Waals surface area contributed by atoms with Gasteiger partial charge in [0.25, 0.3) is 15.9 Å². The molecule has 0 spiro atoms. The van der Waals surface area contributed by atoms with Crippen molar-refractivity contribution in [3.8, 4) is 0 Å². The molecule has 0 aliphatic rings. The average Bonchev–Trinajstić information content (AvgIpc) is 3.16. The van der Waals surface area contributed by atoms with Gasteiger partial charge in [0, 0.05) is 28.7 Å². The minimum absolute atomic E-state index is 0.0587. The molecule has 9 heteroatoms. The molecule has 0 saturated carbocycles. The van der Waals surface area contributed by atoms with E-state index < -0.39 is 10.0 Å². The van der Waals surface area contributed by atoms with E-state index in [0.29, 0.717) is 17.7 Å². The van der Waals surface area contributed by atoms with Crippen LogP contribution in [0.4, 0.5) is 5.69 Å². The van der Waals surface area contributed by atoms with Gasteiger partial charge in [-0.3, -0.25) is 9.52 Å². The zero-order chi connectivity index (χ0) is 21.0. The van der Waals surface area contributed by atoms with E-state index in [1.54, 1.807) is 12.3 Å². The summed E-state index contributed by atoms with van der Waals surface area (Å²) in [5.41, 5.74) is 0.696. The number of nitrogens with one attached hydrogen (secondary N) is 2. The normalized spacial score (nSPS) is 12.4. The summed E-state index contributed by atoms with van der Waals surface area (Å²) in [6.45, 7) is 1.87. The summed E-state index contributed by atoms with van der Waals surface area (Å²) in [6.07, 6.45) is 2.15. The summed E-state index contributed by atoms with van der Waals surface area (Å²) in [4.78, 5) is 12.2. The monoisotopic (exact) mass is 452 g/mol. The Morgan fingerprint density at radius 2 is 1.83 bits per heavy atom. The molecule has 2 N–H and O–H groups in total. The van der Waals surface area contributed by atoms with Crippen molar-refractivity contribution < 1.29 is 17.6 Å². The largest absolute Gasteiger partial charge is 0.469 e. The molecule has 0 saturated heterocycles. The SMILES string of the molecule is CC(Cc1ccco1)NC(=O)c1ccc(NS(=O)(=O)c2cc(Cl)ccc2Cl)cc1. The first-order valence-electron chi connectivity index (χ1n) is 8.66. The lowest BCUT2D eigenvalue weighted by Crippen LogP contribution is -2.33. The Kier molecular flexibility index (Phi) is 6.52. The quantitative estimate of drug-likeness (QED) is 0.541. The third-order valence-corrected chi connectivity index (χ3v) is 6.15. The number of carbonyl (C=O) groups excluding carboxylic acids is 1. The van der Waals surface area contributed by atoms with Crippen molar-refractivity contribution in [2.24, 2.45) is 0 Å². The fourth-order valence-corrected chi connectivity index (χ4v) is 4.49. The number of amides is 1. The number of hydrogen-bond donors (Lipinski definition) is 2. The standard InChI is InChI=1S/C20H18Cl2N2O4S/c1-13(11-17-3-2-10-28-17)23-20(25)14-4-7-16(8-5-14)24-29(26,27)19-12-15(21)6-9-18(19)22/h2-10,12-13,24H,11H2,1H3,(H,23,25). The van der Waals surface area contributed by atoms with Gasteiger partial charge in [-0.05, 0) is 61.5 Å². The highest BCUT2D eigenvalue weighted by molar-refractivity contribution is 7.92. The van der Waals surface area contributed by atoms with Crippen molar-refractivity contribution in [3.63, 3.8) is 0 Å². The third-order valence-electron chi connectivity index (χ3n) is 4.05. The molecule has 1 unspecified atom stereocenters. The molecule has 0 aliphatic carbocycles. The molecule has 152 valence electrons. The molecule has 1 heterocycles. The van der Waals surface area contributed by atoms with Gasteiger partial charge < -0.3 is 9.73 Å². The van der Waals surface area contributed by atoms with Gasteiger partial charge >= 0.3 is 0 Å². The van der Waals surface area contributed by atoms with E-state index in [-0.39, 0.29) is 26.9 Å². The van der Waals surface area contributed by atoms with Gasteiger partial charge in [-0.15, -0.1) is 0 Å². The number of furan rings is 1. The topological polar surface area (TPSA) is 88.4 Å². The van der Waals surface area contributed by atoms with Crippen LogP contribution >= 0.6 is 23.2 Å². The van der Waals surface area contributed by atoms with Crippen LogP contribution in [0.2, 0.25) is 10.0 Å². The first-order chi connectivity index (χ1) is 13.7. The molecule has 29 heavy (non-hydrogen) atoms. The van der Waals surface area contributed by atoms with E-state index in [4.69, 9.17) is 27.6 Å². The molecule has 6 nitrogen and oxygen atoms in total. The molecule has 1 aromatic heterocycles. The lowest BCUT2D eigenvalue weighted by molar-refractivity contribution is 0.0939. The predicted octanol–water partition coefficient (Wildman–Crippen LogP) is 4.75. The van der Waals surface area contributed by atoms with Crippen LogP contribution in [0.5, 0.6) is 0 Å². The second-order valence-corrected chi connectivity index (χ2v) is 8.91. The van der Waals surface area contributed by atoms with Crippen LogP contribution in [0, 0.1) is 0 Å². The van der Waals surface area contributed by atoms with Crippen LogP contribution in [0.3, 0.4) is 0 Å². The number of carbonyl (C=O) groups is 1. The number of sulfonamides is 1. The first kappa shape index (κ1) is 21.2. The van der Waals surface area contributed by atoms with Crippen LogP contribution in [0.1, 0.15) is 23.0 Å². The van der Waals surface area contributed by atoms with Gasteiger partial charge in [-0.1, -0.05) is 23.2 Å². The maximum Gasteiger partial charge on any atom is 0.263 e. The Balaban J connectivity index is 1.66. The van der Waals surface area contributed by atoms with Gasteiger partial charge in [-0.25, -0.2) is 8.42 Å². The maximum absolute atomic E-state index is 12.5. The highest BCUT2D eigenvalue weighted by atomic mass is 35.5. The molecule has 3 aromatic rings. The van der Waals surface area contributed by atoms with Crippen LogP contribution in [0.25, 0.3) is 0 Å². The molecule has 0 bridgehead atoms. The number of halogens is 2. The van der Waals surface area contributed by atoms with Gasteiger partial charge in [-0.2, -0.15) is 0 Å². The molecule has 1 amide bonds. The summed E-state index contributed by atoms with van der Waals surface area (Å²) in [7, 11) is -3.93. The zero-order valence-corrected chi connectivity index (χ0v) is 17.7. The molecule has 2 aromatic carbocycles. The zero-order valence-electron chi connectivity index (χ0n) is 15.4. The first-order valence-corrected chi connectivity index (χ1v) is 10.9. The predicted molar refractivity (Wildman–Crippen MR) is 113 cm³/mol. The molecule has 0 fully saturated rings. The van der Waals surface area contributed by atoms with E-state index in [0.717, 1.165) is 5.76 Å². The van der Waals surface area contributed by atoms with Crippen molar-refractivity contribution in [1.82, 2.24) is 5.32 Å². The summed E-state index contributed by atoms with van der Waals surface area (Å²) in [5.74, 6) is 0.513. The Bertz CT molecular complexity index is 1100. The molecule has 0 aliphatic heterocycles. The molecule has 1 atom stereocenters. The van der Waals surface area contributed by atoms with E-state index in [2.05, 4.69) is 10.0 Å². The van der Waals surface area contributed by atoms with E-state index >= 15 is 0 Å². The fourth-order valence-electron chi connectivity index (χ4n) is 2.67. The van der Waals surface area contributed by atoms with Gasteiger partial charge in [0.1, 0.15) is 10.7 Å². The Morgan fingerprint density at radius 1 is 1.10 bits per heavy atom. The van der Waals surface area contributed by atoms with Gasteiger partial charge in [0.2, 0.25) is 0 Å². The molecular formula is C20H18Cl2N2O4S. The van der Waals surface area contributed by atoms with Gasteiger partial charge in [0.15, 0.2) is 0 Å². The Hall–Kier alpha value is -2.48. The highest BCUT2D eigenvalue weighted by Crippen LogP contribution is 2.27. The number of benzene rings is 2. The minimum Gasteiger partial charge on any atom is -0.469 e. The fraction of sp³-hybridized carbons (Fsp3) is 0.150. The average molecular weight is 453 g/mol. The number of rotatable bonds is 7. The summed E-state index contributed by atoms with van der Waals surface area (Å²) < 4.78 is 32.8. The molecule has 0 radical (unpaired) electrons. The second kappa shape index (κ2) is 8.90. The van der Waals surface area contributed by atoms with Crippen LogP contribution in [0.15, 0.2) is 70.2 Å². The summed E-state index contributed by atoms with van der Waals surface area (Å²) in [5, 5.41) is 3.19. The van der Waals surface area contributed by atoms with Crippen molar-refractivity contribution in [2.75, 3.05) is 4.72 Å². The van der Waals surface area contributed by atoms with Crippen molar-refractivity contribution in [2.45, 2.75) is 24.3 Å². The van der Waals surface area contributed by atoms with Crippen LogP contribution in [-0.4, -0.2) is 20.4 Å². The minimum atomic E-state index is -3.93. The van der Waals surface area contributed by atoms with Crippen LogP contribution in [-0.2, 0) is 16.4 Å². The van der Waals surface area contributed by atoms with Crippen molar-refractivity contribution >= 4 is 44.8 Å². The number of hydrogen-bond acceptors (Lipinski definition) is 4. The maximum atomic E-state index is 12.5. The Morgan fingerprint density at radius 3 is 2.48 bits per heavy atom. The smallest absolute Gasteiger partial charge is 0.263 e.